The van der Waals surface area contributed by atoms with Crippen LogP contribution in [0.5, 0.6) is 0 Å². The van der Waals surface area contributed by atoms with Crippen LogP contribution in [-0.4, -0.2) is 22.6 Å². The summed E-state index contributed by atoms with van der Waals surface area (Å²) in [6, 6.07) is 3.96. The van der Waals surface area contributed by atoms with Crippen LogP contribution in [-0.2, 0) is 7.05 Å². The van der Waals surface area contributed by atoms with Gasteiger partial charge in [0.1, 0.15) is 5.82 Å². The van der Waals surface area contributed by atoms with Crippen LogP contribution in [0.1, 0.15) is 30.1 Å². The molecule has 96 valence electrons. The molecule has 0 bridgehead atoms. The average Bonchev–Trinajstić information content (AvgIpc) is 2.73. The van der Waals surface area contributed by atoms with Crippen LogP contribution in [0, 0.1) is 6.92 Å². The van der Waals surface area contributed by atoms with Gasteiger partial charge in [-0.3, -0.25) is 0 Å². The van der Waals surface area contributed by atoms with Crippen LogP contribution < -0.4 is 5.32 Å². The van der Waals surface area contributed by atoms with Gasteiger partial charge in [0.05, 0.1) is 11.0 Å². The Labute approximate surface area is 112 Å². The number of nitrogens with zero attached hydrogens (tertiary/aromatic N) is 2. The highest BCUT2D eigenvalue weighted by Gasteiger charge is 2.21. The maximum atomic E-state index is 6.20. The molecule has 1 aromatic heterocycles. The number of hydrogen-bond acceptors (Lipinski definition) is 2. The van der Waals surface area contributed by atoms with E-state index in [0.717, 1.165) is 29.2 Å². The third-order valence-electron chi connectivity index (χ3n) is 3.92. The van der Waals surface area contributed by atoms with Crippen LogP contribution in [0.4, 0.5) is 0 Å². The van der Waals surface area contributed by atoms with Crippen LogP contribution in [0.3, 0.4) is 0 Å². The number of imidazole rings is 1. The van der Waals surface area contributed by atoms with Crippen molar-refractivity contribution in [2.75, 3.05) is 13.1 Å². The molecule has 1 atom stereocenters. The average molecular weight is 264 g/mol. The van der Waals surface area contributed by atoms with E-state index >= 15 is 0 Å². The predicted molar refractivity (Wildman–Crippen MR) is 75.3 cm³/mol. The van der Waals surface area contributed by atoms with Crippen LogP contribution in [0.15, 0.2) is 12.1 Å². The number of benzene rings is 1. The summed E-state index contributed by atoms with van der Waals surface area (Å²) in [4.78, 5) is 4.80. The lowest BCUT2D eigenvalue weighted by atomic mass is 9.99. The van der Waals surface area contributed by atoms with Gasteiger partial charge in [0.2, 0.25) is 0 Å². The summed E-state index contributed by atoms with van der Waals surface area (Å²) >= 11 is 6.20. The topological polar surface area (TPSA) is 29.9 Å². The molecule has 0 saturated carbocycles. The summed E-state index contributed by atoms with van der Waals surface area (Å²) in [6.45, 7) is 4.23. The largest absolute Gasteiger partial charge is 0.331 e. The van der Waals surface area contributed by atoms with Crippen molar-refractivity contribution in [3.05, 3.63) is 28.5 Å². The Bertz CT molecular complexity index is 582. The number of aromatic nitrogens is 2. The zero-order valence-electron chi connectivity index (χ0n) is 10.8. The molecule has 4 heteroatoms. The summed E-state index contributed by atoms with van der Waals surface area (Å²) < 4.78 is 2.22. The van der Waals surface area contributed by atoms with Gasteiger partial charge in [-0.15, -0.1) is 0 Å². The van der Waals surface area contributed by atoms with E-state index in [1.54, 1.807) is 0 Å². The van der Waals surface area contributed by atoms with Crippen molar-refractivity contribution in [2.24, 2.45) is 7.05 Å². The molecule has 0 amide bonds. The van der Waals surface area contributed by atoms with Gasteiger partial charge in [-0.2, -0.15) is 0 Å². The minimum atomic E-state index is 0.523. The maximum Gasteiger partial charge on any atom is 0.114 e. The first-order valence-corrected chi connectivity index (χ1v) is 6.88. The minimum Gasteiger partial charge on any atom is -0.331 e. The third kappa shape index (κ3) is 1.82. The van der Waals surface area contributed by atoms with E-state index in [1.165, 1.54) is 24.2 Å². The Morgan fingerprint density at radius 3 is 3.00 bits per heavy atom. The molecule has 1 unspecified atom stereocenters. The summed E-state index contributed by atoms with van der Waals surface area (Å²) in [7, 11) is 2.10. The molecule has 3 nitrogen and oxygen atoms in total. The second-order valence-electron chi connectivity index (χ2n) is 5.11. The van der Waals surface area contributed by atoms with Crippen LogP contribution >= 0.6 is 11.6 Å². The first kappa shape index (κ1) is 12.0. The van der Waals surface area contributed by atoms with Crippen molar-refractivity contribution in [1.29, 1.82) is 0 Å². The number of rotatable bonds is 1. The number of aryl methyl sites for hydroxylation is 2. The van der Waals surface area contributed by atoms with Crippen LogP contribution in [0.2, 0.25) is 5.02 Å². The lowest BCUT2D eigenvalue weighted by Gasteiger charge is -2.22. The summed E-state index contributed by atoms with van der Waals surface area (Å²) in [5.74, 6) is 1.71. The highest BCUT2D eigenvalue weighted by atomic mass is 35.5. The SMILES string of the molecule is Cc1c(Cl)ccc2nc(C3CCCNC3)n(C)c12. The van der Waals surface area contributed by atoms with E-state index in [2.05, 4.69) is 23.9 Å². The number of piperidine rings is 1. The Morgan fingerprint density at radius 2 is 2.28 bits per heavy atom. The Balaban J connectivity index is 2.13. The minimum absolute atomic E-state index is 0.523. The fraction of sp³-hybridized carbons (Fsp3) is 0.500. The molecule has 0 aliphatic carbocycles. The number of nitrogens with one attached hydrogen (secondary N) is 1. The molecule has 1 aromatic carbocycles. The summed E-state index contributed by atoms with van der Waals surface area (Å²) in [5.41, 5.74) is 3.35. The number of fused-ring (bicyclic) bond motifs is 1. The molecule has 2 heterocycles. The molecular weight excluding hydrogens is 246 g/mol. The van der Waals surface area contributed by atoms with Crippen molar-refractivity contribution in [3.8, 4) is 0 Å². The van der Waals surface area contributed by atoms with Gasteiger partial charge in [0.15, 0.2) is 0 Å². The predicted octanol–water partition coefficient (Wildman–Crippen LogP) is 3.00. The van der Waals surface area contributed by atoms with E-state index in [9.17, 15) is 0 Å². The van der Waals surface area contributed by atoms with Gasteiger partial charge in [-0.1, -0.05) is 11.6 Å². The molecule has 18 heavy (non-hydrogen) atoms. The molecule has 2 aromatic rings. The van der Waals surface area contributed by atoms with Gasteiger partial charge >= 0.3 is 0 Å². The van der Waals surface area contributed by atoms with E-state index in [1.807, 2.05) is 12.1 Å². The monoisotopic (exact) mass is 263 g/mol. The smallest absolute Gasteiger partial charge is 0.114 e. The molecule has 3 rings (SSSR count). The molecule has 1 aliphatic rings. The van der Waals surface area contributed by atoms with Crippen molar-refractivity contribution in [2.45, 2.75) is 25.7 Å². The second-order valence-corrected chi connectivity index (χ2v) is 5.52. The number of hydrogen-bond donors (Lipinski definition) is 1. The highest BCUT2D eigenvalue weighted by Crippen LogP contribution is 2.30. The molecule has 0 radical (unpaired) electrons. The molecule has 1 N–H and O–H groups in total. The van der Waals surface area contributed by atoms with E-state index < -0.39 is 0 Å². The summed E-state index contributed by atoms with van der Waals surface area (Å²) in [6.07, 6.45) is 2.45. The van der Waals surface area contributed by atoms with Gasteiger partial charge in [0.25, 0.3) is 0 Å². The maximum absolute atomic E-state index is 6.20. The van der Waals surface area contributed by atoms with Gasteiger partial charge < -0.3 is 9.88 Å². The van der Waals surface area contributed by atoms with Crippen LogP contribution in [0.25, 0.3) is 11.0 Å². The first-order chi connectivity index (χ1) is 8.68. The molecular formula is C14H18ClN3. The lowest BCUT2D eigenvalue weighted by molar-refractivity contribution is 0.440. The number of halogens is 1. The van der Waals surface area contributed by atoms with E-state index in [4.69, 9.17) is 16.6 Å². The fourth-order valence-electron chi connectivity index (χ4n) is 2.93. The standard InChI is InChI=1S/C14H18ClN3/c1-9-11(15)5-6-12-13(9)18(2)14(17-12)10-4-3-7-16-8-10/h5-6,10,16H,3-4,7-8H2,1-2H3. The molecule has 1 saturated heterocycles. The lowest BCUT2D eigenvalue weighted by Crippen LogP contribution is -2.29. The van der Waals surface area contributed by atoms with Crippen molar-refractivity contribution < 1.29 is 0 Å². The zero-order valence-corrected chi connectivity index (χ0v) is 11.6. The van der Waals surface area contributed by atoms with Crippen molar-refractivity contribution >= 4 is 22.6 Å². The van der Waals surface area contributed by atoms with E-state index in [-0.39, 0.29) is 0 Å². The highest BCUT2D eigenvalue weighted by molar-refractivity contribution is 6.32. The quantitative estimate of drug-likeness (QED) is 0.857. The Hall–Kier alpha value is -1.06. The Morgan fingerprint density at radius 1 is 1.44 bits per heavy atom. The second kappa shape index (κ2) is 4.56. The first-order valence-electron chi connectivity index (χ1n) is 6.50. The molecule has 1 aliphatic heterocycles. The molecule has 1 fully saturated rings. The van der Waals surface area contributed by atoms with Gasteiger partial charge in [-0.25, -0.2) is 4.98 Å². The third-order valence-corrected chi connectivity index (χ3v) is 4.33. The fourth-order valence-corrected chi connectivity index (χ4v) is 3.08. The van der Waals surface area contributed by atoms with Crippen molar-refractivity contribution in [1.82, 2.24) is 14.9 Å². The van der Waals surface area contributed by atoms with E-state index in [0.29, 0.717) is 5.92 Å². The van der Waals surface area contributed by atoms with Crippen molar-refractivity contribution in [3.63, 3.8) is 0 Å². The molecule has 0 spiro atoms. The normalized spacial score (nSPS) is 20.5. The zero-order chi connectivity index (χ0) is 12.7. The van der Waals surface area contributed by atoms with Gasteiger partial charge in [-0.05, 0) is 44.0 Å². The Kier molecular flexibility index (Phi) is 3.04. The summed E-state index contributed by atoms with van der Waals surface area (Å²) in [5, 5.41) is 4.27. The van der Waals surface area contributed by atoms with Gasteiger partial charge in [0, 0.05) is 24.5 Å².